The second kappa shape index (κ2) is 7.80. The number of benzene rings is 2. The number of hydrogen-bond acceptors (Lipinski definition) is 8. The lowest BCUT2D eigenvalue weighted by Gasteiger charge is -2.08. The number of nitrogens with zero attached hydrogens (tertiary/aromatic N) is 4. The Balaban J connectivity index is 1.70. The van der Waals surface area contributed by atoms with Crippen LogP contribution in [0.15, 0.2) is 47.8 Å². The summed E-state index contributed by atoms with van der Waals surface area (Å²) in [5.41, 5.74) is 9.21. The molecule has 0 saturated heterocycles. The highest BCUT2D eigenvalue weighted by Gasteiger charge is 2.18. The molecule has 29 heavy (non-hydrogen) atoms. The van der Waals surface area contributed by atoms with Crippen LogP contribution in [0.25, 0.3) is 27.6 Å². The minimum absolute atomic E-state index is 0.411. The molecule has 2 aromatic carbocycles. The van der Waals surface area contributed by atoms with Crippen LogP contribution in [0, 0.1) is 0 Å². The van der Waals surface area contributed by atoms with E-state index >= 15 is 0 Å². The zero-order valence-corrected chi connectivity index (χ0v) is 16.9. The number of thiazole rings is 1. The number of ether oxygens (including phenoxy) is 3. The summed E-state index contributed by atoms with van der Waals surface area (Å²) < 4.78 is 17.5. The Labute approximate surface area is 171 Å². The van der Waals surface area contributed by atoms with E-state index in [0.717, 1.165) is 28.4 Å². The number of anilines is 1. The SMILES string of the molecule is COc1ccc(-n2nnc(-c3nc(-c4cc(OC)ccc4OC)cs3)c2N)cc1. The van der Waals surface area contributed by atoms with Crippen LogP contribution in [-0.2, 0) is 0 Å². The molecule has 0 aliphatic carbocycles. The lowest BCUT2D eigenvalue weighted by Crippen LogP contribution is -2.02. The number of hydrogen-bond donors (Lipinski definition) is 1. The number of rotatable bonds is 6. The highest BCUT2D eigenvalue weighted by molar-refractivity contribution is 7.13. The molecular formula is C20H19N5O3S. The Kier molecular flexibility index (Phi) is 5.05. The quantitative estimate of drug-likeness (QED) is 0.519. The van der Waals surface area contributed by atoms with Crippen LogP contribution in [0.5, 0.6) is 17.2 Å². The van der Waals surface area contributed by atoms with Gasteiger partial charge in [0.05, 0.1) is 32.7 Å². The fourth-order valence-corrected chi connectivity index (χ4v) is 3.69. The molecule has 4 rings (SSSR count). The zero-order chi connectivity index (χ0) is 20.4. The fourth-order valence-electron chi connectivity index (χ4n) is 2.88. The summed E-state index contributed by atoms with van der Waals surface area (Å²) in [6.45, 7) is 0. The van der Waals surface area contributed by atoms with Crippen molar-refractivity contribution in [2.24, 2.45) is 0 Å². The van der Waals surface area contributed by atoms with Crippen molar-refractivity contribution in [3.05, 3.63) is 47.8 Å². The van der Waals surface area contributed by atoms with Gasteiger partial charge in [-0.05, 0) is 42.5 Å². The fraction of sp³-hybridized carbons (Fsp3) is 0.150. The smallest absolute Gasteiger partial charge is 0.165 e. The highest BCUT2D eigenvalue weighted by Crippen LogP contribution is 2.37. The van der Waals surface area contributed by atoms with Crippen LogP contribution in [0.2, 0.25) is 0 Å². The molecule has 148 valence electrons. The van der Waals surface area contributed by atoms with E-state index in [4.69, 9.17) is 24.9 Å². The number of nitrogen functional groups attached to an aromatic ring is 1. The van der Waals surface area contributed by atoms with Gasteiger partial charge in [0.25, 0.3) is 0 Å². The third-order valence-electron chi connectivity index (χ3n) is 4.41. The maximum Gasteiger partial charge on any atom is 0.165 e. The van der Waals surface area contributed by atoms with Gasteiger partial charge in [0.2, 0.25) is 0 Å². The van der Waals surface area contributed by atoms with Crippen molar-refractivity contribution in [3.8, 4) is 44.9 Å². The second-order valence-corrected chi connectivity index (χ2v) is 6.90. The van der Waals surface area contributed by atoms with Crippen LogP contribution in [0.4, 0.5) is 5.82 Å². The Morgan fingerprint density at radius 3 is 2.34 bits per heavy atom. The molecule has 0 aliphatic heterocycles. The topological polar surface area (TPSA) is 97.3 Å². The summed E-state index contributed by atoms with van der Waals surface area (Å²) in [6.07, 6.45) is 0. The molecule has 2 N–H and O–H groups in total. The van der Waals surface area contributed by atoms with Gasteiger partial charge >= 0.3 is 0 Å². The predicted molar refractivity (Wildman–Crippen MR) is 112 cm³/mol. The van der Waals surface area contributed by atoms with Crippen molar-refractivity contribution >= 4 is 17.2 Å². The van der Waals surface area contributed by atoms with E-state index < -0.39 is 0 Å². The van der Waals surface area contributed by atoms with Gasteiger partial charge in [-0.1, -0.05) is 5.21 Å². The third-order valence-corrected chi connectivity index (χ3v) is 5.26. The number of aromatic nitrogens is 4. The Morgan fingerprint density at radius 2 is 1.66 bits per heavy atom. The molecule has 0 radical (unpaired) electrons. The molecule has 0 atom stereocenters. The maximum atomic E-state index is 6.32. The van der Waals surface area contributed by atoms with Crippen molar-refractivity contribution in [1.82, 2.24) is 20.0 Å². The van der Waals surface area contributed by atoms with Crippen LogP contribution in [-0.4, -0.2) is 41.3 Å². The molecule has 0 aliphatic rings. The van der Waals surface area contributed by atoms with E-state index in [1.54, 1.807) is 26.0 Å². The van der Waals surface area contributed by atoms with Gasteiger partial charge in [0.1, 0.15) is 22.3 Å². The molecule has 0 spiro atoms. The summed E-state index contributed by atoms with van der Waals surface area (Å²) in [4.78, 5) is 4.70. The lowest BCUT2D eigenvalue weighted by molar-refractivity contribution is 0.404. The van der Waals surface area contributed by atoms with Crippen molar-refractivity contribution in [2.45, 2.75) is 0 Å². The molecule has 0 fully saturated rings. The van der Waals surface area contributed by atoms with E-state index in [9.17, 15) is 0 Å². The molecule has 8 nitrogen and oxygen atoms in total. The summed E-state index contributed by atoms with van der Waals surface area (Å²) in [5.74, 6) is 2.59. The first-order valence-electron chi connectivity index (χ1n) is 8.68. The molecular weight excluding hydrogens is 390 g/mol. The van der Waals surface area contributed by atoms with Crippen LogP contribution >= 0.6 is 11.3 Å². The first-order chi connectivity index (χ1) is 14.1. The first kappa shape index (κ1) is 18.8. The van der Waals surface area contributed by atoms with Crippen molar-refractivity contribution in [2.75, 3.05) is 27.1 Å². The average Bonchev–Trinajstić information content (AvgIpc) is 3.40. The summed E-state index contributed by atoms with van der Waals surface area (Å²) in [6, 6.07) is 13.0. The molecule has 0 amide bonds. The minimum Gasteiger partial charge on any atom is -0.497 e. The number of nitrogens with two attached hydrogens (primary N) is 1. The molecule has 0 bridgehead atoms. The molecule has 0 unspecified atom stereocenters. The van der Waals surface area contributed by atoms with Gasteiger partial charge in [-0.25, -0.2) is 4.98 Å². The van der Waals surface area contributed by atoms with E-state index in [2.05, 4.69) is 10.3 Å². The van der Waals surface area contributed by atoms with Gasteiger partial charge < -0.3 is 19.9 Å². The van der Waals surface area contributed by atoms with Crippen molar-refractivity contribution < 1.29 is 14.2 Å². The van der Waals surface area contributed by atoms with Gasteiger partial charge in [-0.2, -0.15) is 4.68 Å². The molecule has 9 heteroatoms. The van der Waals surface area contributed by atoms with Gasteiger partial charge in [0, 0.05) is 10.9 Å². The predicted octanol–water partition coefficient (Wildman–Crippen LogP) is 3.67. The van der Waals surface area contributed by atoms with Crippen molar-refractivity contribution in [1.29, 1.82) is 0 Å². The zero-order valence-electron chi connectivity index (χ0n) is 16.1. The van der Waals surface area contributed by atoms with E-state index in [1.807, 2.05) is 47.8 Å². The standard InChI is InChI=1S/C20H19N5O3S/c1-26-13-6-4-12(5-7-13)25-19(21)18(23-24-25)20-22-16(11-29-20)15-10-14(27-2)8-9-17(15)28-3/h4-11H,21H2,1-3H3. The van der Waals surface area contributed by atoms with Gasteiger partial charge in [0.15, 0.2) is 11.5 Å². The van der Waals surface area contributed by atoms with Crippen LogP contribution in [0.3, 0.4) is 0 Å². The maximum absolute atomic E-state index is 6.32. The largest absolute Gasteiger partial charge is 0.497 e. The first-order valence-corrected chi connectivity index (χ1v) is 9.56. The molecule has 4 aromatic rings. The Hall–Kier alpha value is -3.59. The second-order valence-electron chi connectivity index (χ2n) is 6.04. The van der Waals surface area contributed by atoms with Crippen LogP contribution in [0.1, 0.15) is 0 Å². The summed E-state index contributed by atoms with van der Waals surface area (Å²) >= 11 is 1.44. The van der Waals surface area contributed by atoms with Gasteiger partial charge in [-0.15, -0.1) is 16.4 Å². The minimum atomic E-state index is 0.411. The van der Waals surface area contributed by atoms with Crippen LogP contribution < -0.4 is 19.9 Å². The lowest BCUT2D eigenvalue weighted by atomic mass is 10.1. The number of methoxy groups -OCH3 is 3. The summed E-state index contributed by atoms with van der Waals surface area (Å²) in [5, 5.41) is 11.0. The van der Waals surface area contributed by atoms with E-state index in [0.29, 0.717) is 22.3 Å². The van der Waals surface area contributed by atoms with Crippen molar-refractivity contribution in [3.63, 3.8) is 0 Å². The van der Waals surface area contributed by atoms with E-state index in [1.165, 1.54) is 11.3 Å². The normalized spacial score (nSPS) is 10.7. The third kappa shape index (κ3) is 3.47. The average molecular weight is 409 g/mol. The summed E-state index contributed by atoms with van der Waals surface area (Å²) in [7, 11) is 4.86. The van der Waals surface area contributed by atoms with E-state index in [-0.39, 0.29) is 0 Å². The Bertz CT molecular complexity index is 1140. The molecule has 2 heterocycles. The van der Waals surface area contributed by atoms with Gasteiger partial charge in [-0.3, -0.25) is 0 Å². The molecule has 2 aromatic heterocycles. The highest BCUT2D eigenvalue weighted by atomic mass is 32.1. The Morgan fingerprint density at radius 1 is 0.931 bits per heavy atom. The molecule has 0 saturated carbocycles. The monoisotopic (exact) mass is 409 g/mol.